The first-order chi connectivity index (χ1) is 13.2. The number of aromatic nitrogens is 3. The molecule has 0 aliphatic rings. The summed E-state index contributed by atoms with van der Waals surface area (Å²) < 4.78 is 8.43. The maximum Gasteiger partial charge on any atom is 0.243 e. The normalized spacial score (nSPS) is 10.9. The zero-order valence-electron chi connectivity index (χ0n) is 15.1. The fourth-order valence-electron chi connectivity index (χ4n) is 3.02. The molecule has 136 valence electrons. The van der Waals surface area contributed by atoms with E-state index in [1.54, 1.807) is 11.6 Å². The van der Waals surface area contributed by atoms with Gasteiger partial charge in [0.05, 0.1) is 7.11 Å². The molecule has 0 radical (unpaired) electrons. The lowest BCUT2D eigenvalue weighted by molar-refractivity contribution is 0.389. The van der Waals surface area contributed by atoms with Crippen molar-refractivity contribution in [2.24, 2.45) is 0 Å². The number of methoxy groups -OCH3 is 1. The summed E-state index contributed by atoms with van der Waals surface area (Å²) in [5.41, 5.74) is 3.75. The Morgan fingerprint density at radius 1 is 1.00 bits per heavy atom. The lowest BCUT2D eigenvalue weighted by Gasteiger charge is -2.18. The molecule has 0 fully saturated rings. The smallest absolute Gasteiger partial charge is 0.243 e. The number of hydrogen-bond acceptors (Lipinski definition) is 4. The van der Waals surface area contributed by atoms with E-state index in [2.05, 4.69) is 33.0 Å². The van der Waals surface area contributed by atoms with Crippen LogP contribution in [0.4, 0.5) is 5.82 Å². The maximum atomic E-state index is 5.64. The van der Waals surface area contributed by atoms with Crippen LogP contribution in [0.5, 0.6) is 5.88 Å². The largest absolute Gasteiger partial charge is 0.479 e. The molecular formula is C21H19BrN4O. The quantitative estimate of drug-likeness (QED) is 0.463. The average molecular weight is 423 g/mol. The van der Waals surface area contributed by atoms with Gasteiger partial charge in [0, 0.05) is 23.6 Å². The van der Waals surface area contributed by atoms with E-state index in [1.165, 1.54) is 5.56 Å². The fraction of sp³-hybridized carbons (Fsp3) is 0.143. The molecule has 0 N–H and O–H groups in total. The summed E-state index contributed by atoms with van der Waals surface area (Å²) in [4.78, 5) is 6.81. The minimum Gasteiger partial charge on any atom is -0.479 e. The number of fused-ring (bicyclic) bond motifs is 1. The molecule has 0 bridgehead atoms. The Hall–Kier alpha value is -2.86. The van der Waals surface area contributed by atoms with Crippen LogP contribution < -0.4 is 9.64 Å². The molecule has 0 aliphatic carbocycles. The van der Waals surface area contributed by atoms with Crippen molar-refractivity contribution in [1.82, 2.24) is 14.6 Å². The van der Waals surface area contributed by atoms with Gasteiger partial charge in [0.1, 0.15) is 11.5 Å². The molecule has 0 atom stereocenters. The lowest BCUT2D eigenvalue weighted by atomic mass is 10.2. The highest BCUT2D eigenvalue weighted by atomic mass is 79.9. The average Bonchev–Trinajstić information content (AvgIpc) is 3.07. The lowest BCUT2D eigenvalue weighted by Crippen LogP contribution is -2.18. The molecule has 0 saturated carbocycles. The van der Waals surface area contributed by atoms with Crippen LogP contribution in [0.3, 0.4) is 0 Å². The van der Waals surface area contributed by atoms with E-state index in [0.29, 0.717) is 5.88 Å². The van der Waals surface area contributed by atoms with Crippen molar-refractivity contribution in [2.45, 2.75) is 6.54 Å². The minimum absolute atomic E-state index is 0.627. The van der Waals surface area contributed by atoms with E-state index in [9.17, 15) is 0 Å². The first-order valence-electron chi connectivity index (χ1n) is 8.60. The van der Waals surface area contributed by atoms with Gasteiger partial charge in [-0.05, 0) is 29.8 Å². The van der Waals surface area contributed by atoms with Crippen LogP contribution in [0.2, 0.25) is 0 Å². The van der Waals surface area contributed by atoms with Crippen molar-refractivity contribution < 1.29 is 4.74 Å². The zero-order valence-corrected chi connectivity index (χ0v) is 16.7. The second kappa shape index (κ2) is 7.40. The number of rotatable bonds is 5. The van der Waals surface area contributed by atoms with E-state index in [4.69, 9.17) is 14.8 Å². The van der Waals surface area contributed by atoms with Gasteiger partial charge in [0.15, 0.2) is 5.65 Å². The van der Waals surface area contributed by atoms with Gasteiger partial charge in [0.2, 0.25) is 5.88 Å². The number of nitrogens with zero attached hydrogens (tertiary/aromatic N) is 4. The summed E-state index contributed by atoms with van der Waals surface area (Å²) in [6.45, 7) is 0.774. The zero-order chi connectivity index (χ0) is 18.8. The molecule has 4 aromatic rings. The van der Waals surface area contributed by atoms with Crippen molar-refractivity contribution in [1.29, 1.82) is 0 Å². The highest BCUT2D eigenvalue weighted by Crippen LogP contribution is 2.31. The molecule has 6 heteroatoms. The van der Waals surface area contributed by atoms with Gasteiger partial charge in [0.25, 0.3) is 0 Å². The molecule has 27 heavy (non-hydrogen) atoms. The topological polar surface area (TPSA) is 42.7 Å². The number of halogens is 1. The van der Waals surface area contributed by atoms with Gasteiger partial charge in [-0.3, -0.25) is 0 Å². The van der Waals surface area contributed by atoms with Crippen molar-refractivity contribution in [3.8, 4) is 17.1 Å². The Bertz CT molecular complexity index is 1060. The van der Waals surface area contributed by atoms with Gasteiger partial charge < -0.3 is 9.64 Å². The molecule has 2 aromatic carbocycles. The maximum absolute atomic E-state index is 5.64. The predicted molar refractivity (Wildman–Crippen MR) is 111 cm³/mol. The molecule has 0 spiro atoms. The molecule has 0 unspecified atom stereocenters. The number of anilines is 1. The highest BCUT2D eigenvalue weighted by Gasteiger charge is 2.17. The molecule has 4 rings (SSSR count). The van der Waals surface area contributed by atoms with Crippen LogP contribution in [0.1, 0.15) is 5.56 Å². The summed E-state index contributed by atoms with van der Waals surface area (Å²) in [6, 6.07) is 22.3. The van der Waals surface area contributed by atoms with Gasteiger partial charge in [-0.25, -0.2) is 4.98 Å². The third-order valence-corrected chi connectivity index (χ3v) is 4.92. The second-order valence-electron chi connectivity index (χ2n) is 6.28. The molecule has 0 saturated heterocycles. The van der Waals surface area contributed by atoms with Crippen LogP contribution >= 0.6 is 15.9 Å². The minimum atomic E-state index is 0.627. The highest BCUT2D eigenvalue weighted by molar-refractivity contribution is 9.10. The van der Waals surface area contributed by atoms with Crippen molar-refractivity contribution in [3.05, 3.63) is 76.8 Å². The molecule has 0 amide bonds. The first-order valence-corrected chi connectivity index (χ1v) is 9.40. The van der Waals surface area contributed by atoms with Crippen LogP contribution in [-0.4, -0.2) is 28.8 Å². The number of hydrogen-bond donors (Lipinski definition) is 0. The van der Waals surface area contributed by atoms with Crippen molar-refractivity contribution >= 4 is 27.4 Å². The van der Waals surface area contributed by atoms with Gasteiger partial charge in [-0.2, -0.15) is 4.52 Å². The van der Waals surface area contributed by atoms with E-state index in [0.717, 1.165) is 33.7 Å². The summed E-state index contributed by atoms with van der Waals surface area (Å²) in [6.07, 6.45) is 0. The van der Waals surface area contributed by atoms with Crippen LogP contribution in [-0.2, 0) is 6.54 Å². The molecular weight excluding hydrogens is 404 g/mol. The Morgan fingerprint density at radius 2 is 1.74 bits per heavy atom. The van der Waals surface area contributed by atoms with Gasteiger partial charge in [-0.15, -0.1) is 5.10 Å². The first kappa shape index (κ1) is 17.5. The number of benzene rings is 2. The van der Waals surface area contributed by atoms with Crippen LogP contribution in [0.25, 0.3) is 16.9 Å². The van der Waals surface area contributed by atoms with E-state index >= 15 is 0 Å². The predicted octanol–water partition coefficient (Wildman–Crippen LogP) is 4.80. The SMILES string of the molecule is COc1c(-c2ccc(Br)cc2)nc2ccc(N(C)Cc3ccccc3)nn12. The molecule has 2 heterocycles. The summed E-state index contributed by atoms with van der Waals surface area (Å²) >= 11 is 3.47. The number of imidazole rings is 1. The summed E-state index contributed by atoms with van der Waals surface area (Å²) in [5, 5.41) is 4.75. The Morgan fingerprint density at radius 3 is 2.44 bits per heavy atom. The molecule has 0 aliphatic heterocycles. The number of ether oxygens (including phenoxy) is 1. The van der Waals surface area contributed by atoms with Crippen molar-refractivity contribution in [2.75, 3.05) is 19.1 Å². The Balaban J connectivity index is 1.72. The monoisotopic (exact) mass is 422 g/mol. The second-order valence-corrected chi connectivity index (χ2v) is 7.20. The molecule has 5 nitrogen and oxygen atoms in total. The fourth-order valence-corrected chi connectivity index (χ4v) is 3.29. The molecule has 2 aromatic heterocycles. The van der Waals surface area contributed by atoms with Crippen LogP contribution in [0, 0.1) is 0 Å². The third kappa shape index (κ3) is 3.53. The Kier molecular flexibility index (Phi) is 4.81. The summed E-state index contributed by atoms with van der Waals surface area (Å²) in [5.74, 6) is 1.48. The third-order valence-electron chi connectivity index (χ3n) is 4.39. The van der Waals surface area contributed by atoms with E-state index < -0.39 is 0 Å². The Labute approximate surface area is 166 Å². The van der Waals surface area contributed by atoms with E-state index in [1.807, 2.05) is 61.6 Å². The van der Waals surface area contributed by atoms with Gasteiger partial charge >= 0.3 is 0 Å². The van der Waals surface area contributed by atoms with Crippen LogP contribution in [0.15, 0.2) is 71.2 Å². The van der Waals surface area contributed by atoms with Crippen molar-refractivity contribution in [3.63, 3.8) is 0 Å². The van der Waals surface area contributed by atoms with E-state index in [-0.39, 0.29) is 0 Å². The summed E-state index contributed by atoms with van der Waals surface area (Å²) in [7, 11) is 3.67. The van der Waals surface area contributed by atoms with Gasteiger partial charge in [-0.1, -0.05) is 58.4 Å². The standard InChI is InChI=1S/C21H19BrN4O/c1-25(14-15-6-4-3-5-7-15)19-13-12-18-23-20(21(27-2)26(18)24-19)16-8-10-17(22)11-9-16/h3-13H,14H2,1-2H3.